The molecule has 1 amide bonds. The maximum Gasteiger partial charge on any atom is 0.253 e. The van der Waals surface area contributed by atoms with Crippen molar-refractivity contribution in [1.29, 1.82) is 0 Å². The highest BCUT2D eigenvalue weighted by molar-refractivity contribution is 5.94. The quantitative estimate of drug-likeness (QED) is 0.845. The minimum absolute atomic E-state index is 0.0853. The fraction of sp³-hybridized carbons (Fsp3) is 0.600. The van der Waals surface area contributed by atoms with Crippen LogP contribution >= 0.6 is 0 Å². The summed E-state index contributed by atoms with van der Waals surface area (Å²) in [7, 11) is 0. The van der Waals surface area contributed by atoms with Gasteiger partial charge in [0.25, 0.3) is 5.91 Å². The highest BCUT2D eigenvalue weighted by atomic mass is 16.5. The Kier molecular flexibility index (Phi) is 5.95. The molecule has 1 aliphatic heterocycles. The van der Waals surface area contributed by atoms with Crippen LogP contribution in [0.2, 0.25) is 0 Å². The molecule has 6 heteroatoms. The number of carbonyl (C=O) groups excluding carboxylic acids is 1. The fourth-order valence-electron chi connectivity index (χ4n) is 2.27. The average Bonchev–Trinajstić information content (AvgIpc) is 2.49. The van der Waals surface area contributed by atoms with E-state index in [2.05, 4.69) is 15.2 Å². The lowest BCUT2D eigenvalue weighted by Crippen LogP contribution is -2.46. The van der Waals surface area contributed by atoms with Crippen LogP contribution in [0.5, 0.6) is 5.88 Å². The van der Waals surface area contributed by atoms with Crippen molar-refractivity contribution in [2.24, 2.45) is 0 Å². The molecule has 0 saturated carbocycles. The van der Waals surface area contributed by atoms with Gasteiger partial charge in [0.15, 0.2) is 0 Å². The molecule has 0 aromatic carbocycles. The number of carbonyl (C=O) groups is 1. The van der Waals surface area contributed by atoms with E-state index in [1.54, 1.807) is 18.3 Å². The lowest BCUT2D eigenvalue weighted by molar-refractivity contribution is 0.0342. The molecular weight excluding hydrogens is 270 g/mol. The smallest absolute Gasteiger partial charge is 0.253 e. The zero-order valence-electron chi connectivity index (χ0n) is 12.7. The van der Waals surface area contributed by atoms with Crippen LogP contribution in [-0.4, -0.2) is 61.3 Å². The summed E-state index contributed by atoms with van der Waals surface area (Å²) in [6, 6.07) is 3.53. The second kappa shape index (κ2) is 7.95. The minimum Gasteiger partial charge on any atom is -0.478 e. The summed E-state index contributed by atoms with van der Waals surface area (Å²) in [5.74, 6) is 0.432. The third-order valence-electron chi connectivity index (χ3n) is 3.30. The van der Waals surface area contributed by atoms with E-state index in [1.807, 2.05) is 13.8 Å². The van der Waals surface area contributed by atoms with Crippen molar-refractivity contribution >= 4 is 5.91 Å². The van der Waals surface area contributed by atoms with E-state index >= 15 is 0 Å². The first kappa shape index (κ1) is 15.7. The third-order valence-corrected chi connectivity index (χ3v) is 3.30. The Bertz CT molecular complexity index is 444. The van der Waals surface area contributed by atoms with Gasteiger partial charge in [-0.05, 0) is 19.9 Å². The predicted octanol–water partition coefficient (Wildman–Crippen LogP) is 0.931. The zero-order chi connectivity index (χ0) is 15.1. The fourth-order valence-corrected chi connectivity index (χ4v) is 2.27. The number of nitrogens with zero attached hydrogens (tertiary/aromatic N) is 2. The lowest BCUT2D eigenvalue weighted by atomic mass is 10.2. The average molecular weight is 293 g/mol. The number of amides is 1. The summed E-state index contributed by atoms with van der Waals surface area (Å²) in [5, 5.41) is 2.99. The van der Waals surface area contributed by atoms with Gasteiger partial charge in [0, 0.05) is 37.9 Å². The predicted molar refractivity (Wildman–Crippen MR) is 79.6 cm³/mol. The van der Waals surface area contributed by atoms with Crippen LogP contribution in [0.15, 0.2) is 18.3 Å². The second-order valence-electron chi connectivity index (χ2n) is 5.11. The van der Waals surface area contributed by atoms with Crippen molar-refractivity contribution in [3.63, 3.8) is 0 Å². The van der Waals surface area contributed by atoms with Crippen molar-refractivity contribution in [1.82, 2.24) is 15.2 Å². The molecule has 1 fully saturated rings. The summed E-state index contributed by atoms with van der Waals surface area (Å²) in [6.45, 7) is 8.68. The van der Waals surface area contributed by atoms with Crippen LogP contribution < -0.4 is 10.1 Å². The molecule has 2 heterocycles. The van der Waals surface area contributed by atoms with Gasteiger partial charge in [-0.2, -0.15) is 0 Å². The standard InChI is InChI=1S/C15H23N3O3/c1-3-21-14-5-4-13(10-16-14)15(19)17-12(2)11-18-6-8-20-9-7-18/h4-5,10,12H,3,6-9,11H2,1-2H3,(H,17,19)/t12-/m0/s1. The lowest BCUT2D eigenvalue weighted by Gasteiger charge is -2.29. The molecule has 1 aromatic heterocycles. The topological polar surface area (TPSA) is 63.7 Å². The number of nitrogens with one attached hydrogen (secondary N) is 1. The van der Waals surface area contributed by atoms with E-state index in [9.17, 15) is 4.79 Å². The van der Waals surface area contributed by atoms with Crippen LogP contribution in [0.25, 0.3) is 0 Å². The molecule has 0 aliphatic carbocycles. The first-order valence-corrected chi connectivity index (χ1v) is 7.39. The second-order valence-corrected chi connectivity index (χ2v) is 5.11. The van der Waals surface area contributed by atoms with Crippen LogP contribution in [0.3, 0.4) is 0 Å². The van der Waals surface area contributed by atoms with E-state index in [4.69, 9.17) is 9.47 Å². The number of rotatable bonds is 6. The van der Waals surface area contributed by atoms with E-state index in [0.29, 0.717) is 18.1 Å². The van der Waals surface area contributed by atoms with E-state index in [-0.39, 0.29) is 11.9 Å². The number of hydrogen-bond donors (Lipinski definition) is 1. The van der Waals surface area contributed by atoms with Gasteiger partial charge < -0.3 is 14.8 Å². The van der Waals surface area contributed by atoms with Gasteiger partial charge >= 0.3 is 0 Å². The highest BCUT2D eigenvalue weighted by Crippen LogP contribution is 2.08. The van der Waals surface area contributed by atoms with Gasteiger partial charge in [-0.1, -0.05) is 0 Å². The molecule has 1 aromatic rings. The first-order valence-electron chi connectivity index (χ1n) is 7.39. The molecule has 1 saturated heterocycles. The molecule has 0 spiro atoms. The SMILES string of the molecule is CCOc1ccc(C(=O)N[C@@H](C)CN2CCOCC2)cn1. The number of pyridine rings is 1. The van der Waals surface area contributed by atoms with Crippen molar-refractivity contribution in [3.05, 3.63) is 23.9 Å². The Morgan fingerprint density at radius 3 is 2.86 bits per heavy atom. The Morgan fingerprint density at radius 2 is 2.24 bits per heavy atom. The van der Waals surface area contributed by atoms with Gasteiger partial charge in [0.05, 0.1) is 25.4 Å². The molecule has 0 radical (unpaired) electrons. The van der Waals surface area contributed by atoms with E-state index < -0.39 is 0 Å². The third kappa shape index (κ3) is 4.99. The number of hydrogen-bond acceptors (Lipinski definition) is 5. The monoisotopic (exact) mass is 293 g/mol. The largest absolute Gasteiger partial charge is 0.478 e. The normalized spacial score (nSPS) is 17.2. The Hall–Kier alpha value is -1.66. The molecule has 1 aliphatic rings. The maximum atomic E-state index is 12.1. The Balaban J connectivity index is 1.82. The molecule has 2 rings (SSSR count). The minimum atomic E-state index is -0.105. The summed E-state index contributed by atoms with van der Waals surface area (Å²) in [4.78, 5) is 18.5. The van der Waals surface area contributed by atoms with Gasteiger partial charge in [0.1, 0.15) is 0 Å². The molecule has 1 atom stereocenters. The van der Waals surface area contributed by atoms with Crippen molar-refractivity contribution in [3.8, 4) is 5.88 Å². The summed E-state index contributed by atoms with van der Waals surface area (Å²) >= 11 is 0. The van der Waals surface area contributed by atoms with E-state index in [1.165, 1.54) is 0 Å². The summed E-state index contributed by atoms with van der Waals surface area (Å²) in [5.41, 5.74) is 0.548. The molecule has 1 N–H and O–H groups in total. The zero-order valence-corrected chi connectivity index (χ0v) is 12.7. The number of ether oxygens (including phenoxy) is 2. The molecule has 0 unspecified atom stereocenters. The van der Waals surface area contributed by atoms with Gasteiger partial charge in [-0.15, -0.1) is 0 Å². The van der Waals surface area contributed by atoms with E-state index in [0.717, 1.165) is 32.8 Å². The Morgan fingerprint density at radius 1 is 1.48 bits per heavy atom. The summed E-state index contributed by atoms with van der Waals surface area (Å²) in [6.07, 6.45) is 1.54. The van der Waals surface area contributed by atoms with Crippen molar-refractivity contribution < 1.29 is 14.3 Å². The van der Waals surface area contributed by atoms with Crippen LogP contribution in [0.4, 0.5) is 0 Å². The molecule has 6 nitrogen and oxygen atoms in total. The van der Waals surface area contributed by atoms with Gasteiger partial charge in [-0.25, -0.2) is 4.98 Å². The molecule has 21 heavy (non-hydrogen) atoms. The van der Waals surface area contributed by atoms with Crippen LogP contribution in [0.1, 0.15) is 24.2 Å². The van der Waals surface area contributed by atoms with Crippen molar-refractivity contribution in [2.75, 3.05) is 39.5 Å². The van der Waals surface area contributed by atoms with Gasteiger partial charge in [-0.3, -0.25) is 9.69 Å². The Labute approximate surface area is 125 Å². The van der Waals surface area contributed by atoms with Crippen LogP contribution in [0, 0.1) is 0 Å². The number of morpholine rings is 1. The maximum absolute atomic E-state index is 12.1. The highest BCUT2D eigenvalue weighted by Gasteiger charge is 2.16. The van der Waals surface area contributed by atoms with Gasteiger partial charge in [0.2, 0.25) is 5.88 Å². The van der Waals surface area contributed by atoms with Crippen LogP contribution in [-0.2, 0) is 4.74 Å². The summed E-state index contributed by atoms with van der Waals surface area (Å²) < 4.78 is 10.6. The molecule has 116 valence electrons. The molecule has 0 bridgehead atoms. The number of aromatic nitrogens is 1. The van der Waals surface area contributed by atoms with Crippen molar-refractivity contribution in [2.45, 2.75) is 19.9 Å². The molecular formula is C15H23N3O3. The first-order chi connectivity index (χ1) is 10.2.